The van der Waals surface area contributed by atoms with Crippen molar-refractivity contribution in [2.45, 2.75) is 13.0 Å². The molecule has 0 atom stereocenters. The molecular weight excluding hydrogens is 240 g/mol. The Kier molecular flexibility index (Phi) is 4.91. The Bertz CT molecular complexity index is 573. The highest BCUT2D eigenvalue weighted by Crippen LogP contribution is 2.12. The van der Waals surface area contributed by atoms with Gasteiger partial charge in [0.15, 0.2) is 0 Å². The van der Waals surface area contributed by atoms with Crippen molar-refractivity contribution in [1.29, 1.82) is 0 Å². The minimum Gasteiger partial charge on any atom is -0.486 e. The maximum absolute atomic E-state index is 8.66. The number of rotatable bonds is 4. The van der Waals surface area contributed by atoms with Crippen LogP contribution in [0.5, 0.6) is 5.75 Å². The zero-order valence-electron chi connectivity index (χ0n) is 10.4. The number of aromatic nitrogens is 2. The Balaban J connectivity index is 1.98. The number of hydrogen-bond donors (Lipinski definition) is 1. The van der Waals surface area contributed by atoms with Gasteiger partial charge in [-0.05, 0) is 18.2 Å². The van der Waals surface area contributed by atoms with Crippen LogP contribution >= 0.6 is 0 Å². The van der Waals surface area contributed by atoms with Gasteiger partial charge in [0.1, 0.15) is 12.4 Å². The van der Waals surface area contributed by atoms with Crippen LogP contribution in [0, 0.1) is 11.8 Å². The van der Waals surface area contributed by atoms with E-state index in [0.717, 1.165) is 11.3 Å². The predicted octanol–water partition coefficient (Wildman–Crippen LogP) is 1.79. The van der Waals surface area contributed by atoms with E-state index in [-0.39, 0.29) is 6.61 Å². The number of aliphatic hydroxyl groups is 1. The third kappa shape index (κ3) is 4.41. The molecule has 2 aromatic heterocycles. The third-order valence-corrected chi connectivity index (χ3v) is 2.30. The predicted molar refractivity (Wildman–Crippen MR) is 71.4 cm³/mol. The van der Waals surface area contributed by atoms with Gasteiger partial charge in [-0.25, -0.2) is 0 Å². The molecule has 0 aliphatic carbocycles. The van der Waals surface area contributed by atoms with E-state index in [9.17, 15) is 0 Å². The van der Waals surface area contributed by atoms with E-state index in [1.807, 2.05) is 24.3 Å². The summed E-state index contributed by atoms with van der Waals surface area (Å²) in [6.45, 7) is 0.465. The molecular formula is C15H14N2O2. The molecule has 2 rings (SSSR count). The summed E-state index contributed by atoms with van der Waals surface area (Å²) in [5.74, 6) is 6.41. The molecule has 19 heavy (non-hydrogen) atoms. The second-order valence-corrected chi connectivity index (χ2v) is 3.79. The summed E-state index contributed by atoms with van der Waals surface area (Å²) in [4.78, 5) is 8.24. The number of aliphatic hydroxyl groups excluding tert-OH is 1. The first-order valence-electron chi connectivity index (χ1n) is 5.96. The summed E-state index contributed by atoms with van der Waals surface area (Å²) >= 11 is 0. The lowest BCUT2D eigenvalue weighted by Crippen LogP contribution is -1.98. The van der Waals surface area contributed by atoms with Gasteiger partial charge in [-0.1, -0.05) is 17.9 Å². The summed E-state index contributed by atoms with van der Waals surface area (Å²) in [6, 6.07) is 7.50. The lowest BCUT2D eigenvalue weighted by Gasteiger charge is -2.05. The normalized spacial score (nSPS) is 9.53. The maximum Gasteiger partial charge on any atom is 0.139 e. The first-order chi connectivity index (χ1) is 9.38. The van der Waals surface area contributed by atoms with Crippen molar-refractivity contribution in [3.63, 3.8) is 0 Å². The van der Waals surface area contributed by atoms with E-state index < -0.39 is 0 Å². The molecule has 4 nitrogen and oxygen atoms in total. The second-order valence-electron chi connectivity index (χ2n) is 3.79. The molecule has 0 bridgehead atoms. The maximum atomic E-state index is 8.66. The van der Waals surface area contributed by atoms with Crippen LogP contribution in [-0.2, 0) is 6.61 Å². The monoisotopic (exact) mass is 254 g/mol. The Morgan fingerprint density at radius 2 is 2.21 bits per heavy atom. The average Bonchev–Trinajstić information content (AvgIpc) is 2.47. The van der Waals surface area contributed by atoms with Gasteiger partial charge in [-0.15, -0.1) is 0 Å². The van der Waals surface area contributed by atoms with Gasteiger partial charge in [-0.2, -0.15) is 0 Å². The largest absolute Gasteiger partial charge is 0.486 e. The van der Waals surface area contributed by atoms with Gasteiger partial charge in [0, 0.05) is 24.4 Å². The van der Waals surface area contributed by atoms with Crippen molar-refractivity contribution in [2.24, 2.45) is 0 Å². The zero-order valence-corrected chi connectivity index (χ0v) is 10.4. The standard InChI is InChI=1S/C15H14N2O2/c18-8-4-2-5-13-9-15(11-16-10-13)19-12-14-6-1-3-7-17-14/h1,3,6-7,9-11,18H,4,8,12H2. The highest BCUT2D eigenvalue weighted by Gasteiger charge is 1.98. The van der Waals surface area contributed by atoms with E-state index >= 15 is 0 Å². The van der Waals surface area contributed by atoms with Crippen molar-refractivity contribution in [2.75, 3.05) is 6.61 Å². The Hall–Kier alpha value is -2.38. The van der Waals surface area contributed by atoms with Crippen molar-refractivity contribution < 1.29 is 9.84 Å². The van der Waals surface area contributed by atoms with E-state index in [2.05, 4.69) is 21.8 Å². The van der Waals surface area contributed by atoms with Gasteiger partial charge in [0.2, 0.25) is 0 Å². The first-order valence-corrected chi connectivity index (χ1v) is 5.96. The summed E-state index contributed by atoms with van der Waals surface area (Å²) in [5.41, 5.74) is 1.63. The van der Waals surface area contributed by atoms with Crippen LogP contribution in [0.4, 0.5) is 0 Å². The van der Waals surface area contributed by atoms with E-state index in [1.54, 1.807) is 18.6 Å². The summed E-state index contributed by atoms with van der Waals surface area (Å²) in [7, 11) is 0. The van der Waals surface area contributed by atoms with Gasteiger partial charge >= 0.3 is 0 Å². The van der Waals surface area contributed by atoms with Crippen molar-refractivity contribution >= 4 is 0 Å². The topological polar surface area (TPSA) is 55.2 Å². The Labute approximate surface area is 112 Å². The average molecular weight is 254 g/mol. The van der Waals surface area contributed by atoms with Crippen molar-refractivity contribution in [1.82, 2.24) is 9.97 Å². The molecule has 0 saturated heterocycles. The Morgan fingerprint density at radius 1 is 1.26 bits per heavy atom. The smallest absolute Gasteiger partial charge is 0.139 e. The molecule has 2 heterocycles. The minimum atomic E-state index is 0.0658. The quantitative estimate of drug-likeness (QED) is 0.845. The molecule has 0 saturated carbocycles. The number of ether oxygens (including phenoxy) is 1. The number of hydrogen-bond acceptors (Lipinski definition) is 4. The van der Waals surface area contributed by atoms with Crippen LogP contribution in [-0.4, -0.2) is 21.7 Å². The molecule has 0 aliphatic heterocycles. The molecule has 0 amide bonds. The summed E-state index contributed by atoms with van der Waals surface area (Å²) in [6.07, 6.45) is 5.49. The molecule has 1 N–H and O–H groups in total. The van der Waals surface area contributed by atoms with Crippen LogP contribution in [0.1, 0.15) is 17.7 Å². The van der Waals surface area contributed by atoms with Crippen LogP contribution in [0.3, 0.4) is 0 Å². The van der Waals surface area contributed by atoms with Gasteiger partial charge in [-0.3, -0.25) is 9.97 Å². The second kappa shape index (κ2) is 7.14. The molecule has 0 spiro atoms. The first kappa shape index (κ1) is 13.1. The lowest BCUT2D eigenvalue weighted by atomic mass is 10.2. The number of pyridine rings is 2. The molecule has 0 aromatic carbocycles. The SMILES string of the molecule is OCCC#Cc1cncc(OCc2ccccn2)c1. The van der Waals surface area contributed by atoms with Crippen LogP contribution < -0.4 is 4.74 Å². The highest BCUT2D eigenvalue weighted by atomic mass is 16.5. The molecule has 0 aliphatic rings. The molecule has 0 radical (unpaired) electrons. The van der Waals surface area contributed by atoms with Crippen molar-refractivity contribution in [3.05, 3.63) is 54.1 Å². The summed E-state index contributed by atoms with van der Waals surface area (Å²) < 4.78 is 5.60. The van der Waals surface area contributed by atoms with E-state index in [0.29, 0.717) is 18.8 Å². The fourth-order valence-electron chi connectivity index (χ4n) is 1.43. The van der Waals surface area contributed by atoms with Gasteiger partial charge in [0.25, 0.3) is 0 Å². The highest BCUT2D eigenvalue weighted by molar-refractivity contribution is 5.36. The number of nitrogens with zero attached hydrogens (tertiary/aromatic N) is 2. The summed E-state index contributed by atoms with van der Waals surface area (Å²) in [5, 5.41) is 8.66. The Morgan fingerprint density at radius 3 is 3.00 bits per heavy atom. The fraction of sp³-hybridized carbons (Fsp3) is 0.200. The molecule has 2 aromatic rings. The molecule has 4 heteroatoms. The van der Waals surface area contributed by atoms with Crippen molar-refractivity contribution in [3.8, 4) is 17.6 Å². The molecule has 0 fully saturated rings. The van der Waals surface area contributed by atoms with Gasteiger partial charge < -0.3 is 9.84 Å². The van der Waals surface area contributed by atoms with E-state index in [4.69, 9.17) is 9.84 Å². The minimum absolute atomic E-state index is 0.0658. The van der Waals surface area contributed by atoms with Gasteiger partial charge in [0.05, 0.1) is 18.5 Å². The zero-order chi connectivity index (χ0) is 13.3. The fourth-order valence-corrected chi connectivity index (χ4v) is 1.43. The van der Waals surface area contributed by atoms with Crippen LogP contribution in [0.2, 0.25) is 0 Å². The van der Waals surface area contributed by atoms with E-state index in [1.165, 1.54) is 0 Å². The lowest BCUT2D eigenvalue weighted by molar-refractivity contribution is 0.300. The van der Waals surface area contributed by atoms with Crippen LogP contribution in [0.15, 0.2) is 42.9 Å². The molecule has 96 valence electrons. The third-order valence-electron chi connectivity index (χ3n) is 2.30. The van der Waals surface area contributed by atoms with Crippen LogP contribution in [0.25, 0.3) is 0 Å². The molecule has 0 unspecified atom stereocenters.